The molecule has 1 amide bonds. The summed E-state index contributed by atoms with van der Waals surface area (Å²) in [4.78, 5) is 40.9. The van der Waals surface area contributed by atoms with Gasteiger partial charge in [0, 0.05) is 43.7 Å². The molecule has 2 heterocycles. The maximum atomic E-state index is 14.2. The molecule has 8 nitrogen and oxygen atoms in total. The summed E-state index contributed by atoms with van der Waals surface area (Å²) in [6, 6.07) is 8.81. The first-order valence-electron chi connectivity index (χ1n) is 14.0. The molecule has 1 saturated heterocycles. The minimum Gasteiger partial charge on any atom is -0.478 e. The highest BCUT2D eigenvalue weighted by atomic mass is 35.5. The van der Waals surface area contributed by atoms with Crippen molar-refractivity contribution in [1.82, 2.24) is 14.7 Å². The molecule has 43 heavy (non-hydrogen) atoms. The Hall–Kier alpha value is -3.70. The van der Waals surface area contributed by atoms with E-state index in [-0.39, 0.29) is 53.0 Å². The van der Waals surface area contributed by atoms with Crippen LogP contribution >= 0.6 is 11.6 Å². The van der Waals surface area contributed by atoms with Crippen LogP contribution in [0, 0.1) is 12.8 Å². The van der Waals surface area contributed by atoms with Crippen molar-refractivity contribution >= 4 is 29.4 Å². The summed E-state index contributed by atoms with van der Waals surface area (Å²) in [5, 5.41) is 14.0. The van der Waals surface area contributed by atoms with Crippen molar-refractivity contribution in [2.75, 3.05) is 20.2 Å². The van der Waals surface area contributed by atoms with Gasteiger partial charge in [-0.25, -0.2) is 4.79 Å². The average molecular weight is 616 g/mol. The molecule has 2 aliphatic carbocycles. The van der Waals surface area contributed by atoms with Crippen molar-refractivity contribution in [2.45, 2.75) is 56.7 Å². The Morgan fingerprint density at radius 3 is 2.47 bits per heavy atom. The number of carbonyl (C=O) groups excluding carboxylic acids is 2. The number of rotatable bonds is 6. The van der Waals surface area contributed by atoms with Crippen LogP contribution in [0.3, 0.4) is 0 Å². The number of methoxy groups -OCH3 is 1. The van der Waals surface area contributed by atoms with Crippen molar-refractivity contribution in [2.24, 2.45) is 5.92 Å². The Morgan fingerprint density at radius 2 is 1.86 bits per heavy atom. The number of carbonyl (C=O) groups is 3. The summed E-state index contributed by atoms with van der Waals surface area (Å²) in [5.41, 5.74) is 0.133. The molecule has 226 valence electrons. The minimum atomic E-state index is -4.57. The molecule has 0 bridgehead atoms. The molecule has 12 heteroatoms. The van der Waals surface area contributed by atoms with E-state index in [0.717, 1.165) is 4.68 Å². The number of halogens is 4. The molecule has 3 aliphatic rings. The lowest BCUT2D eigenvalue weighted by Gasteiger charge is -2.40. The molecule has 0 spiro atoms. The summed E-state index contributed by atoms with van der Waals surface area (Å²) >= 11 is 6.45. The molecule has 1 N–H and O–H groups in total. The van der Waals surface area contributed by atoms with Gasteiger partial charge in [-0.2, -0.15) is 23.0 Å². The van der Waals surface area contributed by atoms with Crippen molar-refractivity contribution in [3.8, 4) is 11.3 Å². The Balaban J connectivity index is 1.45. The number of fused-ring (bicyclic) bond motifs is 1. The molecule has 3 aromatic rings. The zero-order chi connectivity index (χ0) is 30.8. The zero-order valence-corrected chi connectivity index (χ0v) is 24.3. The number of aromatic nitrogens is 2. The van der Waals surface area contributed by atoms with E-state index < -0.39 is 29.4 Å². The van der Waals surface area contributed by atoms with Crippen LogP contribution in [0.2, 0.25) is 5.02 Å². The molecule has 1 aromatic heterocycles. The monoisotopic (exact) mass is 615 g/mol. The maximum absolute atomic E-state index is 14.2. The van der Waals surface area contributed by atoms with Crippen molar-refractivity contribution in [3.63, 3.8) is 0 Å². The molecule has 1 atom stereocenters. The SMILES string of the molecule is COC1CN(C(=O)C2CCc3c(-c4ccc(C(=O)O)c(C)c4)nn(C(=O)c4c(Cl)cccc4C4(C(F)(F)F)CC4)c3C2)C1. The van der Waals surface area contributed by atoms with Crippen LogP contribution in [0.1, 0.15) is 62.4 Å². The van der Waals surface area contributed by atoms with Gasteiger partial charge in [-0.05, 0) is 61.9 Å². The van der Waals surface area contributed by atoms with Gasteiger partial charge >= 0.3 is 12.1 Å². The van der Waals surface area contributed by atoms with Crippen LogP contribution in [0.4, 0.5) is 13.2 Å². The Bertz CT molecular complexity index is 1660. The fourth-order valence-corrected chi connectivity index (χ4v) is 6.63. The molecule has 6 rings (SSSR count). The smallest absolute Gasteiger partial charge is 0.398 e. The highest BCUT2D eigenvalue weighted by Gasteiger charge is 2.65. The number of hydrogen-bond donors (Lipinski definition) is 1. The van der Waals surface area contributed by atoms with Gasteiger partial charge in [-0.15, -0.1) is 0 Å². The van der Waals surface area contributed by atoms with E-state index in [1.165, 1.54) is 24.3 Å². The number of likely N-dealkylation sites (tertiary alicyclic amines) is 1. The Labute approximate surface area is 250 Å². The Kier molecular flexibility index (Phi) is 7.16. The lowest BCUT2D eigenvalue weighted by atomic mass is 9.84. The first kappa shape index (κ1) is 29.4. The number of hydrogen-bond acceptors (Lipinski definition) is 5. The normalized spacial score (nSPS) is 19.5. The predicted molar refractivity (Wildman–Crippen MR) is 150 cm³/mol. The van der Waals surface area contributed by atoms with Crippen LogP contribution in [0.15, 0.2) is 36.4 Å². The Morgan fingerprint density at radius 1 is 1.14 bits per heavy atom. The second kappa shape index (κ2) is 10.5. The lowest BCUT2D eigenvalue weighted by Crippen LogP contribution is -2.56. The number of benzene rings is 2. The van der Waals surface area contributed by atoms with Gasteiger partial charge in [0.1, 0.15) is 0 Å². The second-order valence-electron chi connectivity index (χ2n) is 11.6. The van der Waals surface area contributed by atoms with Crippen molar-refractivity contribution < 1.29 is 37.4 Å². The molecule has 2 aromatic carbocycles. The van der Waals surface area contributed by atoms with Gasteiger partial charge in [0.2, 0.25) is 5.91 Å². The minimum absolute atomic E-state index is 0.0270. The second-order valence-corrected chi connectivity index (χ2v) is 12.0. The topological polar surface area (TPSA) is 102 Å². The highest BCUT2D eigenvalue weighted by Crippen LogP contribution is 2.60. The van der Waals surface area contributed by atoms with E-state index in [2.05, 4.69) is 5.10 Å². The summed E-state index contributed by atoms with van der Waals surface area (Å²) < 4.78 is 49.1. The van der Waals surface area contributed by atoms with E-state index in [4.69, 9.17) is 16.3 Å². The molecule has 2 fully saturated rings. The number of carboxylic acid groups (broad SMARTS) is 1. The van der Waals surface area contributed by atoms with Crippen LogP contribution in [-0.2, 0) is 27.8 Å². The third kappa shape index (κ3) is 4.82. The summed E-state index contributed by atoms with van der Waals surface area (Å²) in [5.74, 6) is -2.41. The lowest BCUT2D eigenvalue weighted by molar-refractivity contribution is -0.160. The third-order valence-corrected chi connectivity index (χ3v) is 9.39. The molecular weight excluding hydrogens is 587 g/mol. The molecule has 0 radical (unpaired) electrons. The standard InChI is InChI=1S/C31H29ClF3N3O5/c1-16-12-17(6-8-20(16)29(41)42)26-21-9-7-18(27(39)37-14-19(15-37)43-2)13-24(21)38(36-26)28(40)25-22(4-3-5-23(25)32)30(10-11-30)31(33,34)35/h3-6,8,12,18-19H,7,9-11,13-15H2,1-2H3,(H,41,42). The fraction of sp³-hybridized carbons (Fsp3) is 0.419. The number of amides is 1. The van der Waals surface area contributed by atoms with E-state index >= 15 is 0 Å². The summed E-state index contributed by atoms with van der Waals surface area (Å²) in [6.45, 7) is 2.60. The van der Waals surface area contributed by atoms with E-state index in [1.54, 1.807) is 31.1 Å². The van der Waals surface area contributed by atoms with Gasteiger partial charge < -0.3 is 14.7 Å². The largest absolute Gasteiger partial charge is 0.478 e. The summed E-state index contributed by atoms with van der Waals surface area (Å²) in [7, 11) is 1.59. The quantitative estimate of drug-likeness (QED) is 0.396. The number of ether oxygens (including phenoxy) is 1. The van der Waals surface area contributed by atoms with Gasteiger partial charge in [0.25, 0.3) is 5.91 Å². The number of aromatic carboxylic acids is 1. The first-order chi connectivity index (χ1) is 20.4. The van der Waals surface area contributed by atoms with Crippen LogP contribution in [0.25, 0.3) is 11.3 Å². The van der Waals surface area contributed by atoms with Crippen molar-refractivity contribution in [1.29, 1.82) is 0 Å². The van der Waals surface area contributed by atoms with E-state index in [9.17, 15) is 32.7 Å². The number of nitrogens with zero attached hydrogens (tertiary/aromatic N) is 3. The number of carboxylic acids is 1. The predicted octanol–water partition coefficient (Wildman–Crippen LogP) is 5.45. The third-order valence-electron chi connectivity index (χ3n) is 9.07. The number of alkyl halides is 3. The van der Waals surface area contributed by atoms with Crippen LogP contribution < -0.4 is 0 Å². The first-order valence-corrected chi connectivity index (χ1v) is 14.4. The van der Waals surface area contributed by atoms with Gasteiger partial charge in [0.15, 0.2) is 0 Å². The van der Waals surface area contributed by atoms with Crippen LogP contribution in [0.5, 0.6) is 0 Å². The van der Waals surface area contributed by atoms with Crippen molar-refractivity contribution in [3.05, 3.63) is 74.9 Å². The average Bonchev–Trinajstić information content (AvgIpc) is 3.67. The van der Waals surface area contributed by atoms with Gasteiger partial charge in [0.05, 0.1) is 39.1 Å². The van der Waals surface area contributed by atoms with E-state index in [0.29, 0.717) is 54.0 Å². The number of aryl methyl sites for hydroxylation is 1. The van der Waals surface area contributed by atoms with Gasteiger partial charge in [-0.1, -0.05) is 29.8 Å². The molecular formula is C31H29ClF3N3O5. The molecule has 1 aliphatic heterocycles. The highest BCUT2D eigenvalue weighted by molar-refractivity contribution is 6.34. The van der Waals surface area contributed by atoms with Crippen LogP contribution in [-0.4, -0.2) is 70.1 Å². The summed E-state index contributed by atoms with van der Waals surface area (Å²) in [6.07, 6.45) is -3.84. The molecule has 1 unspecified atom stereocenters. The van der Waals surface area contributed by atoms with E-state index in [1.807, 2.05) is 0 Å². The van der Waals surface area contributed by atoms with Gasteiger partial charge in [-0.3, -0.25) is 9.59 Å². The maximum Gasteiger partial charge on any atom is 0.398 e. The fourth-order valence-electron chi connectivity index (χ4n) is 6.38. The molecule has 1 saturated carbocycles. The zero-order valence-electron chi connectivity index (χ0n) is 23.5.